The fraction of sp³-hybridized carbons (Fsp3) is 0.133. The van der Waals surface area contributed by atoms with E-state index in [0.717, 1.165) is 6.07 Å². The van der Waals surface area contributed by atoms with Crippen LogP contribution in [0.2, 0.25) is 5.02 Å². The van der Waals surface area contributed by atoms with E-state index in [1.165, 1.54) is 31.4 Å². The normalized spacial score (nSPS) is 10.3. The highest BCUT2D eigenvalue weighted by molar-refractivity contribution is 6.30. The van der Waals surface area contributed by atoms with E-state index in [2.05, 4.69) is 10.1 Å². The van der Waals surface area contributed by atoms with Crippen molar-refractivity contribution in [3.05, 3.63) is 64.2 Å². The molecule has 0 aliphatic rings. The molecular formula is C15H12ClF2NO2. The van der Waals surface area contributed by atoms with E-state index in [0.29, 0.717) is 11.3 Å². The summed E-state index contributed by atoms with van der Waals surface area (Å²) < 4.78 is 31.1. The lowest BCUT2D eigenvalue weighted by atomic mass is 10.1. The molecular weight excluding hydrogens is 300 g/mol. The minimum Gasteiger partial charge on any atom is -0.465 e. The zero-order valence-corrected chi connectivity index (χ0v) is 11.9. The summed E-state index contributed by atoms with van der Waals surface area (Å²) in [6.45, 7) is 0.254. The highest BCUT2D eigenvalue weighted by Crippen LogP contribution is 2.20. The molecule has 0 aliphatic heterocycles. The number of hydrogen-bond donors (Lipinski definition) is 1. The Morgan fingerprint density at radius 1 is 1.24 bits per heavy atom. The number of nitrogens with one attached hydrogen (secondary N) is 1. The van der Waals surface area contributed by atoms with Gasteiger partial charge < -0.3 is 10.1 Å². The second-order valence-electron chi connectivity index (χ2n) is 4.28. The third-order valence-electron chi connectivity index (χ3n) is 2.85. The molecule has 6 heteroatoms. The summed E-state index contributed by atoms with van der Waals surface area (Å²) in [5.74, 6) is -1.72. The SMILES string of the molecule is COC(=O)c1cc(F)ccc1NCc1ccc(Cl)c(F)c1. The Morgan fingerprint density at radius 2 is 2.00 bits per heavy atom. The molecule has 0 atom stereocenters. The lowest BCUT2D eigenvalue weighted by Crippen LogP contribution is -2.09. The van der Waals surface area contributed by atoms with Gasteiger partial charge in [-0.2, -0.15) is 0 Å². The average molecular weight is 312 g/mol. The molecule has 2 aromatic carbocycles. The maximum atomic E-state index is 13.3. The van der Waals surface area contributed by atoms with E-state index in [9.17, 15) is 13.6 Å². The van der Waals surface area contributed by atoms with E-state index < -0.39 is 17.6 Å². The van der Waals surface area contributed by atoms with Gasteiger partial charge in [-0.05, 0) is 35.9 Å². The van der Waals surface area contributed by atoms with Gasteiger partial charge in [0.15, 0.2) is 0 Å². The summed E-state index contributed by atoms with van der Waals surface area (Å²) in [4.78, 5) is 11.6. The number of carbonyl (C=O) groups excluding carboxylic acids is 1. The maximum Gasteiger partial charge on any atom is 0.340 e. The predicted octanol–water partition coefficient (Wildman–Crippen LogP) is 4.02. The Kier molecular flexibility index (Phi) is 4.75. The van der Waals surface area contributed by atoms with Crippen LogP contribution >= 0.6 is 11.6 Å². The van der Waals surface area contributed by atoms with Gasteiger partial charge in [-0.3, -0.25) is 0 Å². The first-order valence-electron chi connectivity index (χ1n) is 6.07. The molecule has 1 N–H and O–H groups in total. The van der Waals surface area contributed by atoms with Gasteiger partial charge in [-0.15, -0.1) is 0 Å². The van der Waals surface area contributed by atoms with Crippen LogP contribution in [0, 0.1) is 11.6 Å². The van der Waals surface area contributed by atoms with Crippen LogP contribution in [0.1, 0.15) is 15.9 Å². The number of anilines is 1. The number of methoxy groups -OCH3 is 1. The number of carbonyl (C=O) groups is 1. The van der Waals surface area contributed by atoms with Crippen molar-refractivity contribution in [2.24, 2.45) is 0 Å². The molecule has 0 aromatic heterocycles. The summed E-state index contributed by atoms with van der Waals surface area (Å²) in [7, 11) is 1.21. The number of hydrogen-bond acceptors (Lipinski definition) is 3. The van der Waals surface area contributed by atoms with Gasteiger partial charge in [0.25, 0.3) is 0 Å². The minimum absolute atomic E-state index is 0.0378. The van der Waals surface area contributed by atoms with Crippen LogP contribution in [-0.4, -0.2) is 13.1 Å². The molecule has 0 saturated carbocycles. The lowest BCUT2D eigenvalue weighted by molar-refractivity contribution is 0.0601. The zero-order valence-electron chi connectivity index (χ0n) is 11.1. The van der Waals surface area contributed by atoms with Gasteiger partial charge in [0.05, 0.1) is 17.7 Å². The first kappa shape index (κ1) is 15.3. The Hall–Kier alpha value is -2.14. The highest BCUT2D eigenvalue weighted by Gasteiger charge is 2.13. The molecule has 21 heavy (non-hydrogen) atoms. The Bertz CT molecular complexity index is 677. The topological polar surface area (TPSA) is 38.3 Å². The second kappa shape index (κ2) is 6.54. The molecule has 0 spiro atoms. The smallest absolute Gasteiger partial charge is 0.340 e. The van der Waals surface area contributed by atoms with Crippen LogP contribution in [0.25, 0.3) is 0 Å². The predicted molar refractivity (Wildman–Crippen MR) is 76.5 cm³/mol. The molecule has 2 aromatic rings. The van der Waals surface area contributed by atoms with Crippen molar-refractivity contribution in [3.63, 3.8) is 0 Å². The molecule has 0 saturated heterocycles. The monoisotopic (exact) mass is 311 g/mol. The number of rotatable bonds is 4. The summed E-state index contributed by atoms with van der Waals surface area (Å²) in [6, 6.07) is 8.11. The lowest BCUT2D eigenvalue weighted by Gasteiger charge is -2.11. The quantitative estimate of drug-likeness (QED) is 0.867. The van der Waals surface area contributed by atoms with Gasteiger partial charge in [0.1, 0.15) is 11.6 Å². The van der Waals surface area contributed by atoms with Crippen molar-refractivity contribution < 1.29 is 18.3 Å². The van der Waals surface area contributed by atoms with Crippen molar-refractivity contribution in [1.82, 2.24) is 0 Å². The van der Waals surface area contributed by atoms with Gasteiger partial charge in [0.2, 0.25) is 0 Å². The van der Waals surface area contributed by atoms with E-state index >= 15 is 0 Å². The second-order valence-corrected chi connectivity index (χ2v) is 4.69. The van der Waals surface area contributed by atoms with Crippen LogP contribution in [0.5, 0.6) is 0 Å². The molecule has 3 nitrogen and oxygen atoms in total. The van der Waals surface area contributed by atoms with Crippen molar-refractivity contribution in [1.29, 1.82) is 0 Å². The van der Waals surface area contributed by atoms with Crippen LogP contribution in [-0.2, 0) is 11.3 Å². The first-order chi connectivity index (χ1) is 10.0. The molecule has 0 bridgehead atoms. The van der Waals surface area contributed by atoms with Crippen molar-refractivity contribution in [2.45, 2.75) is 6.54 Å². The van der Waals surface area contributed by atoms with Gasteiger partial charge in [-0.1, -0.05) is 17.7 Å². The third kappa shape index (κ3) is 3.70. The number of benzene rings is 2. The maximum absolute atomic E-state index is 13.3. The van der Waals surface area contributed by atoms with Crippen molar-refractivity contribution in [2.75, 3.05) is 12.4 Å². The zero-order chi connectivity index (χ0) is 15.4. The average Bonchev–Trinajstić information content (AvgIpc) is 2.48. The van der Waals surface area contributed by atoms with Gasteiger partial charge in [0, 0.05) is 12.2 Å². The summed E-state index contributed by atoms with van der Waals surface area (Å²) >= 11 is 5.60. The molecule has 110 valence electrons. The molecule has 0 fully saturated rings. The first-order valence-corrected chi connectivity index (χ1v) is 6.44. The fourth-order valence-corrected chi connectivity index (χ4v) is 1.91. The Labute approximate surface area is 125 Å². The molecule has 0 unspecified atom stereocenters. The summed E-state index contributed by atoms with van der Waals surface area (Å²) in [5.41, 5.74) is 1.11. The van der Waals surface area contributed by atoms with Crippen molar-refractivity contribution >= 4 is 23.3 Å². The van der Waals surface area contributed by atoms with Gasteiger partial charge in [-0.25, -0.2) is 13.6 Å². The largest absolute Gasteiger partial charge is 0.465 e. The molecule has 0 amide bonds. The number of esters is 1. The molecule has 0 heterocycles. The van der Waals surface area contributed by atoms with E-state index in [-0.39, 0.29) is 17.1 Å². The fourth-order valence-electron chi connectivity index (χ4n) is 1.80. The molecule has 0 aliphatic carbocycles. The standard InChI is InChI=1S/C15H12ClF2NO2/c1-21-15(20)11-7-10(17)3-5-14(11)19-8-9-2-4-12(16)13(18)6-9/h2-7,19H,8H2,1H3. The molecule has 0 radical (unpaired) electrons. The van der Waals surface area contributed by atoms with Crippen LogP contribution in [0.3, 0.4) is 0 Å². The summed E-state index contributed by atoms with van der Waals surface area (Å²) in [6.07, 6.45) is 0. The molecule has 2 rings (SSSR count). The van der Waals surface area contributed by atoms with E-state index in [4.69, 9.17) is 11.6 Å². The minimum atomic E-state index is -0.653. The number of halogens is 3. The Balaban J connectivity index is 2.19. The number of ether oxygens (including phenoxy) is 1. The summed E-state index contributed by atoms with van der Waals surface area (Å²) in [5, 5.41) is 2.98. The van der Waals surface area contributed by atoms with Crippen LogP contribution in [0.4, 0.5) is 14.5 Å². The van der Waals surface area contributed by atoms with Gasteiger partial charge >= 0.3 is 5.97 Å². The van der Waals surface area contributed by atoms with E-state index in [1.807, 2.05) is 0 Å². The van der Waals surface area contributed by atoms with E-state index in [1.54, 1.807) is 6.07 Å². The van der Waals surface area contributed by atoms with Crippen LogP contribution < -0.4 is 5.32 Å². The van der Waals surface area contributed by atoms with Crippen molar-refractivity contribution in [3.8, 4) is 0 Å². The highest BCUT2D eigenvalue weighted by atomic mass is 35.5. The third-order valence-corrected chi connectivity index (χ3v) is 3.16. The van der Waals surface area contributed by atoms with Crippen LogP contribution in [0.15, 0.2) is 36.4 Å². The Morgan fingerprint density at radius 3 is 2.67 bits per heavy atom.